The first-order valence-electron chi connectivity index (χ1n) is 7.58. The first-order chi connectivity index (χ1) is 11.9. The molecule has 0 spiro atoms. The molecule has 3 aromatic rings. The molecule has 0 radical (unpaired) electrons. The van der Waals surface area contributed by atoms with E-state index in [1.54, 1.807) is 22.9 Å². The molecule has 0 aliphatic carbocycles. The van der Waals surface area contributed by atoms with Crippen molar-refractivity contribution in [2.75, 3.05) is 0 Å². The molecule has 2 heterocycles. The van der Waals surface area contributed by atoms with Crippen molar-refractivity contribution < 1.29 is 5.11 Å². The van der Waals surface area contributed by atoms with Crippen molar-refractivity contribution in [3.05, 3.63) is 63.4 Å². The molecule has 25 heavy (non-hydrogen) atoms. The molecule has 130 valence electrons. The summed E-state index contributed by atoms with van der Waals surface area (Å²) in [5.41, 5.74) is 3.79. The SMILES string of the molecule is Cc1nn(C)c(C)c1/C=C(/C(O)c1ccc(Cl)cc1Cl)n1cncn1. The predicted octanol–water partition coefficient (Wildman–Crippen LogP) is 3.67. The van der Waals surface area contributed by atoms with Crippen molar-refractivity contribution in [2.24, 2.45) is 7.05 Å². The molecule has 1 N–H and O–H groups in total. The van der Waals surface area contributed by atoms with Crippen LogP contribution in [-0.4, -0.2) is 29.7 Å². The Bertz CT molecular complexity index is 931. The molecular weight excluding hydrogens is 361 g/mol. The zero-order chi connectivity index (χ0) is 18.1. The lowest BCUT2D eigenvalue weighted by atomic mass is 10.0. The van der Waals surface area contributed by atoms with Crippen molar-refractivity contribution in [2.45, 2.75) is 20.0 Å². The highest BCUT2D eigenvalue weighted by Crippen LogP contribution is 2.33. The molecular formula is C17H17Cl2N5O. The Balaban J connectivity index is 2.14. The average molecular weight is 378 g/mol. The van der Waals surface area contributed by atoms with Crippen molar-refractivity contribution in [1.82, 2.24) is 24.5 Å². The summed E-state index contributed by atoms with van der Waals surface area (Å²) in [6.07, 6.45) is 3.78. The number of aliphatic hydroxyl groups is 1. The Morgan fingerprint density at radius 1 is 1.28 bits per heavy atom. The Morgan fingerprint density at radius 2 is 2.04 bits per heavy atom. The summed E-state index contributed by atoms with van der Waals surface area (Å²) in [5.74, 6) is 0. The van der Waals surface area contributed by atoms with Gasteiger partial charge in [0, 0.05) is 33.9 Å². The van der Waals surface area contributed by atoms with Crippen LogP contribution in [0.4, 0.5) is 0 Å². The van der Waals surface area contributed by atoms with E-state index in [4.69, 9.17) is 23.2 Å². The van der Waals surface area contributed by atoms with Crippen LogP contribution >= 0.6 is 23.2 Å². The van der Waals surface area contributed by atoms with Crippen LogP contribution in [0.2, 0.25) is 10.0 Å². The molecule has 3 rings (SSSR count). The fraction of sp³-hybridized carbons (Fsp3) is 0.235. The van der Waals surface area contributed by atoms with E-state index in [1.165, 1.54) is 17.3 Å². The van der Waals surface area contributed by atoms with Crippen LogP contribution in [0.25, 0.3) is 11.8 Å². The highest BCUT2D eigenvalue weighted by atomic mass is 35.5. The van der Waals surface area contributed by atoms with E-state index in [0.717, 1.165) is 17.0 Å². The lowest BCUT2D eigenvalue weighted by molar-refractivity contribution is 0.231. The van der Waals surface area contributed by atoms with Gasteiger partial charge in [0.2, 0.25) is 0 Å². The number of hydrogen-bond acceptors (Lipinski definition) is 4. The van der Waals surface area contributed by atoms with Crippen molar-refractivity contribution in [3.8, 4) is 0 Å². The number of aliphatic hydroxyl groups excluding tert-OH is 1. The van der Waals surface area contributed by atoms with Gasteiger partial charge in [-0.2, -0.15) is 10.2 Å². The van der Waals surface area contributed by atoms with Crippen LogP contribution in [0.5, 0.6) is 0 Å². The number of rotatable bonds is 4. The van der Waals surface area contributed by atoms with Crippen LogP contribution in [0.1, 0.15) is 28.6 Å². The minimum atomic E-state index is -1.01. The summed E-state index contributed by atoms with van der Waals surface area (Å²) in [7, 11) is 1.88. The molecule has 0 aliphatic heterocycles. The van der Waals surface area contributed by atoms with Gasteiger partial charge in [0.1, 0.15) is 18.8 Å². The molecule has 2 aromatic heterocycles. The minimum Gasteiger partial charge on any atom is -0.382 e. The fourth-order valence-corrected chi connectivity index (χ4v) is 3.15. The van der Waals surface area contributed by atoms with Crippen molar-refractivity contribution in [1.29, 1.82) is 0 Å². The van der Waals surface area contributed by atoms with Crippen LogP contribution in [0.15, 0.2) is 30.9 Å². The quantitative estimate of drug-likeness (QED) is 0.752. The number of nitrogens with zero attached hydrogens (tertiary/aromatic N) is 5. The molecule has 1 aromatic carbocycles. The van der Waals surface area contributed by atoms with Crippen molar-refractivity contribution >= 4 is 35.0 Å². The largest absolute Gasteiger partial charge is 0.382 e. The zero-order valence-electron chi connectivity index (χ0n) is 14.0. The molecule has 0 aliphatic rings. The van der Waals surface area contributed by atoms with Gasteiger partial charge < -0.3 is 5.11 Å². The third kappa shape index (κ3) is 3.46. The summed E-state index contributed by atoms with van der Waals surface area (Å²) < 4.78 is 3.31. The normalized spacial score (nSPS) is 13.3. The van der Waals surface area contributed by atoms with Gasteiger partial charge in [0.15, 0.2) is 0 Å². The van der Waals surface area contributed by atoms with Gasteiger partial charge in [-0.25, -0.2) is 9.67 Å². The molecule has 0 saturated heterocycles. The van der Waals surface area contributed by atoms with Gasteiger partial charge >= 0.3 is 0 Å². The Morgan fingerprint density at radius 3 is 2.60 bits per heavy atom. The molecule has 0 bridgehead atoms. The number of benzene rings is 1. The van der Waals surface area contributed by atoms with E-state index in [9.17, 15) is 5.11 Å². The summed E-state index contributed by atoms with van der Waals surface area (Å²) in [4.78, 5) is 3.97. The summed E-state index contributed by atoms with van der Waals surface area (Å²) in [6, 6.07) is 4.98. The average Bonchev–Trinajstić information content (AvgIpc) is 3.15. The van der Waals surface area contributed by atoms with Crippen LogP contribution < -0.4 is 0 Å². The first-order valence-corrected chi connectivity index (χ1v) is 8.34. The number of halogens is 2. The second-order valence-electron chi connectivity index (χ2n) is 5.69. The molecule has 0 amide bonds. The second kappa shape index (κ2) is 7.00. The highest BCUT2D eigenvalue weighted by Gasteiger charge is 2.21. The van der Waals surface area contributed by atoms with Gasteiger partial charge in [-0.15, -0.1) is 0 Å². The maximum Gasteiger partial charge on any atom is 0.138 e. The third-order valence-electron chi connectivity index (χ3n) is 4.08. The van der Waals surface area contributed by atoms with Gasteiger partial charge in [0.25, 0.3) is 0 Å². The smallest absolute Gasteiger partial charge is 0.138 e. The minimum absolute atomic E-state index is 0.380. The molecule has 1 unspecified atom stereocenters. The van der Waals surface area contributed by atoms with Gasteiger partial charge in [-0.1, -0.05) is 29.3 Å². The van der Waals surface area contributed by atoms with E-state index in [0.29, 0.717) is 21.3 Å². The lowest BCUT2D eigenvalue weighted by Crippen LogP contribution is -2.09. The molecule has 0 fully saturated rings. The Hall–Kier alpha value is -2.15. The van der Waals surface area contributed by atoms with Crippen LogP contribution in [0, 0.1) is 13.8 Å². The first kappa shape index (κ1) is 17.7. The van der Waals surface area contributed by atoms with Gasteiger partial charge in [0.05, 0.1) is 11.4 Å². The summed E-state index contributed by atoms with van der Waals surface area (Å²) in [5, 5.41) is 20.4. The molecule has 0 saturated carbocycles. The Kier molecular flexibility index (Phi) is 4.94. The topological polar surface area (TPSA) is 68.8 Å². The van der Waals surface area contributed by atoms with E-state index < -0.39 is 6.10 Å². The number of aromatic nitrogens is 5. The monoisotopic (exact) mass is 377 g/mol. The Labute approximate surface area is 155 Å². The predicted molar refractivity (Wildman–Crippen MR) is 98.3 cm³/mol. The van der Waals surface area contributed by atoms with E-state index in [2.05, 4.69) is 15.2 Å². The standard InChI is InChI=1S/C17H17Cl2N5O/c1-10-14(11(2)23(3)22-10)7-16(24-9-20-8-21-24)17(25)13-5-4-12(18)6-15(13)19/h4-9,17,25H,1-3H3/b16-7-. The van der Waals surface area contributed by atoms with E-state index in [-0.39, 0.29) is 0 Å². The van der Waals surface area contributed by atoms with Gasteiger partial charge in [-0.3, -0.25) is 4.68 Å². The maximum atomic E-state index is 11.0. The van der Waals surface area contributed by atoms with E-state index in [1.807, 2.05) is 27.0 Å². The van der Waals surface area contributed by atoms with E-state index >= 15 is 0 Å². The highest BCUT2D eigenvalue weighted by molar-refractivity contribution is 6.35. The number of hydrogen-bond donors (Lipinski definition) is 1. The number of aryl methyl sites for hydroxylation is 2. The summed E-state index contributed by atoms with van der Waals surface area (Å²) >= 11 is 12.2. The lowest BCUT2D eigenvalue weighted by Gasteiger charge is -2.17. The molecule has 6 nitrogen and oxygen atoms in total. The molecule has 1 atom stereocenters. The van der Waals surface area contributed by atoms with Crippen LogP contribution in [-0.2, 0) is 7.05 Å². The third-order valence-corrected chi connectivity index (χ3v) is 4.64. The summed E-state index contributed by atoms with van der Waals surface area (Å²) in [6.45, 7) is 3.88. The van der Waals surface area contributed by atoms with Gasteiger partial charge in [-0.05, 0) is 32.1 Å². The maximum absolute atomic E-state index is 11.0. The molecule has 8 heteroatoms. The zero-order valence-corrected chi connectivity index (χ0v) is 15.5. The van der Waals surface area contributed by atoms with Crippen LogP contribution in [0.3, 0.4) is 0 Å². The second-order valence-corrected chi connectivity index (χ2v) is 6.53. The van der Waals surface area contributed by atoms with Crippen molar-refractivity contribution in [3.63, 3.8) is 0 Å². The fourth-order valence-electron chi connectivity index (χ4n) is 2.64.